The van der Waals surface area contributed by atoms with Gasteiger partial charge in [0.1, 0.15) is 11.7 Å². The van der Waals surface area contributed by atoms with Gasteiger partial charge in [0, 0.05) is 13.0 Å². The van der Waals surface area contributed by atoms with E-state index in [2.05, 4.69) is 26.1 Å². The molecule has 0 bridgehead atoms. The molecule has 0 aromatic carbocycles. The van der Waals surface area contributed by atoms with Crippen molar-refractivity contribution < 1.29 is 22.8 Å². The Bertz CT molecular complexity index is 765. The lowest BCUT2D eigenvalue weighted by atomic mass is 9.82. The second-order valence-electron chi connectivity index (χ2n) is 7.76. The minimum absolute atomic E-state index is 0.0312. The van der Waals surface area contributed by atoms with E-state index in [1.807, 2.05) is 0 Å². The largest absolute Gasteiger partial charge is 0.392 e. The molecule has 0 aliphatic carbocycles. The zero-order chi connectivity index (χ0) is 19.9. The van der Waals surface area contributed by atoms with Crippen molar-refractivity contribution in [1.29, 1.82) is 0 Å². The second kappa shape index (κ2) is 7.34. The summed E-state index contributed by atoms with van der Waals surface area (Å²) in [6.45, 7) is 1.06. The van der Waals surface area contributed by atoms with Crippen molar-refractivity contribution in [2.75, 3.05) is 6.54 Å². The fourth-order valence-electron chi connectivity index (χ4n) is 4.36. The summed E-state index contributed by atoms with van der Waals surface area (Å²) in [7, 11) is 0. The van der Waals surface area contributed by atoms with E-state index in [1.165, 1.54) is 0 Å². The molecule has 4 atom stereocenters. The molecule has 2 saturated heterocycles. The van der Waals surface area contributed by atoms with E-state index < -0.39 is 18.0 Å². The van der Waals surface area contributed by atoms with Crippen LogP contribution < -0.4 is 16.0 Å². The third-order valence-electron chi connectivity index (χ3n) is 5.97. The molecule has 3 aliphatic rings. The number of fused-ring (bicyclic) bond motifs is 2. The lowest BCUT2D eigenvalue weighted by molar-refractivity contribution is -0.179. The maximum atomic E-state index is 12.9. The Morgan fingerprint density at radius 1 is 1.29 bits per heavy atom. The first-order valence-corrected chi connectivity index (χ1v) is 9.62. The van der Waals surface area contributed by atoms with Gasteiger partial charge in [0.05, 0.1) is 18.6 Å². The number of alkyl halides is 3. The Morgan fingerprint density at radius 3 is 2.89 bits per heavy atom. The summed E-state index contributed by atoms with van der Waals surface area (Å²) in [5, 5.41) is 16.6. The average molecular weight is 400 g/mol. The van der Waals surface area contributed by atoms with Crippen molar-refractivity contribution >= 4 is 11.8 Å². The van der Waals surface area contributed by atoms with Crippen LogP contribution in [-0.4, -0.2) is 45.5 Å². The molecule has 11 heteroatoms. The van der Waals surface area contributed by atoms with Gasteiger partial charge in [-0.15, -0.1) is 10.2 Å². The summed E-state index contributed by atoms with van der Waals surface area (Å²) in [5.41, 5.74) is 0. The van der Waals surface area contributed by atoms with E-state index in [9.17, 15) is 22.8 Å². The number of carbonyl (C=O) groups is 2. The van der Waals surface area contributed by atoms with Gasteiger partial charge in [0.25, 0.3) is 0 Å². The molecule has 3 aliphatic heterocycles. The molecule has 0 radical (unpaired) electrons. The van der Waals surface area contributed by atoms with Gasteiger partial charge >= 0.3 is 6.18 Å². The molecule has 8 nitrogen and oxygen atoms in total. The molecule has 4 rings (SSSR count). The van der Waals surface area contributed by atoms with E-state index in [1.54, 1.807) is 4.57 Å². The fraction of sp³-hybridized carbons (Fsp3) is 0.765. The van der Waals surface area contributed by atoms with Gasteiger partial charge in [-0.1, -0.05) is 0 Å². The highest BCUT2D eigenvalue weighted by atomic mass is 19.4. The standard InChI is InChI=1S/C17H23F3N6O2/c18-17(19,20)10-3-5-26-12(7-10)24-25-13(26)8-22-15(27)11-6-9-2-1-4-21-14(9)23-16(11)28/h9-11,14,21H,1-8H2,(H,22,27)(H,23,28). The van der Waals surface area contributed by atoms with Crippen molar-refractivity contribution in [3.05, 3.63) is 11.6 Å². The van der Waals surface area contributed by atoms with Crippen LogP contribution in [0, 0.1) is 17.8 Å². The zero-order valence-electron chi connectivity index (χ0n) is 15.3. The molecule has 154 valence electrons. The SMILES string of the molecule is O=C(NCc1nnc2n1CCC(C(F)(F)F)C2)C1CC2CCCNC2NC1=O. The third-order valence-corrected chi connectivity index (χ3v) is 5.97. The quantitative estimate of drug-likeness (QED) is 0.641. The van der Waals surface area contributed by atoms with E-state index in [0.29, 0.717) is 12.2 Å². The van der Waals surface area contributed by atoms with Crippen molar-refractivity contribution in [3.63, 3.8) is 0 Å². The summed E-state index contributed by atoms with van der Waals surface area (Å²) in [6.07, 6.45) is -2.10. The van der Waals surface area contributed by atoms with E-state index in [4.69, 9.17) is 0 Å². The molecule has 0 spiro atoms. The Hall–Kier alpha value is -2.17. The van der Waals surface area contributed by atoms with Crippen LogP contribution in [0.3, 0.4) is 0 Å². The van der Waals surface area contributed by atoms with Crippen LogP contribution in [0.25, 0.3) is 0 Å². The summed E-state index contributed by atoms with van der Waals surface area (Å²) in [4.78, 5) is 24.8. The Morgan fingerprint density at radius 2 is 2.11 bits per heavy atom. The summed E-state index contributed by atoms with van der Waals surface area (Å²) < 4.78 is 40.3. The highest BCUT2D eigenvalue weighted by Crippen LogP contribution is 2.34. The van der Waals surface area contributed by atoms with Crippen LogP contribution in [0.5, 0.6) is 0 Å². The van der Waals surface area contributed by atoms with Crippen LogP contribution in [0.2, 0.25) is 0 Å². The number of halogens is 3. The highest BCUT2D eigenvalue weighted by molar-refractivity contribution is 6.00. The van der Waals surface area contributed by atoms with E-state index in [-0.39, 0.29) is 55.7 Å². The predicted octanol–water partition coefficient (Wildman–Crippen LogP) is 0.481. The monoisotopic (exact) mass is 400 g/mol. The minimum Gasteiger partial charge on any atom is -0.348 e. The fourth-order valence-corrected chi connectivity index (χ4v) is 4.36. The number of hydrogen-bond acceptors (Lipinski definition) is 5. The number of rotatable bonds is 3. The highest BCUT2D eigenvalue weighted by Gasteiger charge is 2.43. The van der Waals surface area contributed by atoms with Gasteiger partial charge < -0.3 is 15.2 Å². The maximum absolute atomic E-state index is 12.9. The number of carbonyl (C=O) groups excluding carboxylic acids is 2. The van der Waals surface area contributed by atoms with Crippen LogP contribution in [0.1, 0.15) is 37.3 Å². The van der Waals surface area contributed by atoms with Crippen LogP contribution >= 0.6 is 0 Å². The van der Waals surface area contributed by atoms with Crippen molar-refractivity contribution in [3.8, 4) is 0 Å². The van der Waals surface area contributed by atoms with Gasteiger partial charge in [-0.05, 0) is 38.1 Å². The van der Waals surface area contributed by atoms with Gasteiger partial charge in [0.15, 0.2) is 5.82 Å². The topological polar surface area (TPSA) is 101 Å². The smallest absolute Gasteiger partial charge is 0.348 e. The Kier molecular flexibility index (Phi) is 5.02. The number of aromatic nitrogens is 3. The Labute approximate surface area is 159 Å². The maximum Gasteiger partial charge on any atom is 0.392 e. The van der Waals surface area contributed by atoms with Crippen molar-refractivity contribution in [2.24, 2.45) is 17.8 Å². The number of hydrogen-bond donors (Lipinski definition) is 3. The lowest BCUT2D eigenvalue weighted by Gasteiger charge is -2.39. The van der Waals surface area contributed by atoms with Crippen LogP contribution in [-0.2, 0) is 29.1 Å². The molecule has 2 amide bonds. The van der Waals surface area contributed by atoms with Gasteiger partial charge in [0.2, 0.25) is 11.8 Å². The van der Waals surface area contributed by atoms with Gasteiger partial charge in [-0.3, -0.25) is 14.9 Å². The van der Waals surface area contributed by atoms with Crippen LogP contribution in [0.15, 0.2) is 0 Å². The molecule has 1 aromatic rings. The zero-order valence-corrected chi connectivity index (χ0v) is 15.3. The first-order chi connectivity index (χ1) is 13.3. The van der Waals surface area contributed by atoms with Crippen molar-refractivity contribution in [2.45, 2.75) is 57.5 Å². The first kappa shape index (κ1) is 19.2. The molecule has 28 heavy (non-hydrogen) atoms. The molecule has 2 fully saturated rings. The van der Waals surface area contributed by atoms with E-state index >= 15 is 0 Å². The predicted molar refractivity (Wildman–Crippen MR) is 90.5 cm³/mol. The normalized spacial score (nSPS) is 30.2. The van der Waals surface area contributed by atoms with Crippen LogP contribution in [0.4, 0.5) is 13.2 Å². The molecule has 4 unspecified atom stereocenters. The van der Waals surface area contributed by atoms with Crippen molar-refractivity contribution in [1.82, 2.24) is 30.7 Å². The molecule has 1 aromatic heterocycles. The summed E-state index contributed by atoms with van der Waals surface area (Å²) in [5.74, 6) is -1.94. The summed E-state index contributed by atoms with van der Waals surface area (Å²) in [6, 6.07) is 0. The first-order valence-electron chi connectivity index (χ1n) is 9.62. The third kappa shape index (κ3) is 3.71. The van der Waals surface area contributed by atoms with Gasteiger partial charge in [-0.2, -0.15) is 13.2 Å². The lowest BCUT2D eigenvalue weighted by Crippen LogP contribution is -2.60. The average Bonchev–Trinajstić information content (AvgIpc) is 3.07. The second-order valence-corrected chi connectivity index (χ2v) is 7.76. The summed E-state index contributed by atoms with van der Waals surface area (Å²) >= 11 is 0. The minimum atomic E-state index is -4.24. The molecular weight excluding hydrogens is 377 g/mol. The number of amides is 2. The molecule has 4 heterocycles. The Balaban J connectivity index is 1.36. The molecule has 3 N–H and O–H groups in total. The number of nitrogens with one attached hydrogen (secondary N) is 3. The van der Waals surface area contributed by atoms with E-state index in [0.717, 1.165) is 19.4 Å². The number of nitrogens with zero attached hydrogens (tertiary/aromatic N) is 3. The number of piperidine rings is 2. The van der Waals surface area contributed by atoms with Gasteiger partial charge in [-0.25, -0.2) is 0 Å². The molecular formula is C17H23F3N6O2. The molecule has 0 saturated carbocycles.